The van der Waals surface area contributed by atoms with Gasteiger partial charge in [-0.1, -0.05) is 54.9 Å². The second-order valence-corrected chi connectivity index (χ2v) is 7.93. The Hall–Kier alpha value is -2.99. The molecule has 0 atom stereocenters. The van der Waals surface area contributed by atoms with Gasteiger partial charge in [0, 0.05) is 31.6 Å². The first-order chi connectivity index (χ1) is 14.8. The van der Waals surface area contributed by atoms with Crippen LogP contribution in [0.15, 0.2) is 47.0 Å². The summed E-state index contributed by atoms with van der Waals surface area (Å²) < 4.78 is 5.76. The Morgan fingerprint density at radius 2 is 1.93 bits per heavy atom. The first-order valence-corrected chi connectivity index (χ1v) is 10.9. The first-order valence-electron chi connectivity index (χ1n) is 10.9. The summed E-state index contributed by atoms with van der Waals surface area (Å²) >= 11 is 0. The van der Waals surface area contributed by atoms with Crippen LogP contribution >= 0.6 is 0 Å². The minimum Gasteiger partial charge on any atom is -0.354 e. The quantitative estimate of drug-likeness (QED) is 0.528. The predicted molar refractivity (Wildman–Crippen MR) is 121 cm³/mol. The van der Waals surface area contributed by atoms with Crippen LogP contribution in [0.25, 0.3) is 33.1 Å². The molecule has 1 saturated heterocycles. The van der Waals surface area contributed by atoms with Crippen LogP contribution in [-0.4, -0.2) is 41.3 Å². The van der Waals surface area contributed by atoms with E-state index in [9.17, 15) is 0 Å². The molecule has 0 aliphatic carbocycles. The molecular formula is C24H27N5O. The molecule has 6 heteroatoms. The maximum absolute atomic E-state index is 5.76. The predicted octanol–water partition coefficient (Wildman–Crippen LogP) is 4.58. The van der Waals surface area contributed by atoms with Gasteiger partial charge in [0.15, 0.2) is 0 Å². The number of benzene rings is 2. The van der Waals surface area contributed by atoms with Crippen LogP contribution in [0.4, 0.5) is 5.82 Å². The third-order valence-corrected chi connectivity index (χ3v) is 5.78. The molecule has 4 aromatic rings. The van der Waals surface area contributed by atoms with Crippen molar-refractivity contribution in [3.8, 4) is 11.3 Å². The van der Waals surface area contributed by atoms with E-state index in [1.165, 1.54) is 10.8 Å². The summed E-state index contributed by atoms with van der Waals surface area (Å²) in [6, 6.07) is 14.8. The largest absolute Gasteiger partial charge is 0.354 e. The van der Waals surface area contributed by atoms with Gasteiger partial charge in [0.1, 0.15) is 22.7 Å². The Labute approximate surface area is 176 Å². The lowest BCUT2D eigenvalue weighted by atomic mass is 10.0. The van der Waals surface area contributed by atoms with E-state index in [1.807, 2.05) is 0 Å². The molecule has 1 N–H and O–H groups in total. The molecule has 154 valence electrons. The molecule has 2 aromatic carbocycles. The van der Waals surface area contributed by atoms with Crippen molar-refractivity contribution in [2.24, 2.45) is 0 Å². The molecule has 0 spiro atoms. The summed E-state index contributed by atoms with van der Waals surface area (Å²) in [5.74, 6) is 1.80. The number of nitrogens with one attached hydrogen (secondary N) is 1. The van der Waals surface area contributed by atoms with E-state index in [0.29, 0.717) is 5.71 Å². The Morgan fingerprint density at radius 1 is 1.03 bits per heavy atom. The van der Waals surface area contributed by atoms with Crippen LogP contribution in [-0.2, 0) is 6.42 Å². The lowest BCUT2D eigenvalue weighted by Gasteiger charge is -2.22. The molecule has 6 nitrogen and oxygen atoms in total. The molecular weight excluding hydrogens is 374 g/mol. The molecule has 0 bridgehead atoms. The molecule has 3 heterocycles. The zero-order valence-corrected chi connectivity index (χ0v) is 17.4. The van der Waals surface area contributed by atoms with Crippen molar-refractivity contribution in [3.63, 3.8) is 0 Å². The fourth-order valence-electron chi connectivity index (χ4n) is 4.15. The second-order valence-electron chi connectivity index (χ2n) is 7.93. The number of hydrogen-bond donors (Lipinski definition) is 1. The van der Waals surface area contributed by atoms with E-state index in [1.54, 1.807) is 0 Å². The van der Waals surface area contributed by atoms with Crippen molar-refractivity contribution >= 4 is 27.7 Å². The normalized spacial score (nSPS) is 15.0. The maximum atomic E-state index is 5.76. The van der Waals surface area contributed by atoms with Crippen LogP contribution in [0.3, 0.4) is 0 Å². The fraction of sp³-hybridized carbons (Fsp3) is 0.375. The fourth-order valence-corrected chi connectivity index (χ4v) is 4.15. The number of rotatable bonds is 5. The molecule has 0 saturated carbocycles. The topological polar surface area (TPSA) is 67.1 Å². The van der Waals surface area contributed by atoms with Gasteiger partial charge in [0.25, 0.3) is 5.71 Å². The summed E-state index contributed by atoms with van der Waals surface area (Å²) in [5, 5.41) is 11.3. The third kappa shape index (κ3) is 3.63. The van der Waals surface area contributed by atoms with Crippen LogP contribution < -0.4 is 10.2 Å². The number of fused-ring (bicyclic) bond motifs is 2. The molecule has 2 aromatic heterocycles. The van der Waals surface area contributed by atoms with Gasteiger partial charge in [-0.2, -0.15) is 4.98 Å². The van der Waals surface area contributed by atoms with E-state index >= 15 is 0 Å². The summed E-state index contributed by atoms with van der Waals surface area (Å²) in [5.41, 5.74) is 2.45. The van der Waals surface area contributed by atoms with E-state index in [-0.39, 0.29) is 0 Å². The van der Waals surface area contributed by atoms with Gasteiger partial charge >= 0.3 is 0 Å². The van der Waals surface area contributed by atoms with Crippen molar-refractivity contribution in [3.05, 3.63) is 48.3 Å². The lowest BCUT2D eigenvalue weighted by molar-refractivity contribution is 0.450. The molecule has 0 radical (unpaired) electrons. The molecule has 30 heavy (non-hydrogen) atoms. The smallest absolute Gasteiger partial charge is 0.263 e. The van der Waals surface area contributed by atoms with Gasteiger partial charge in [0.05, 0.1) is 0 Å². The lowest BCUT2D eigenvalue weighted by Crippen LogP contribution is -2.29. The standard InChI is InChI=1S/C24H27N5O/c1-2-3-9-20-26-23(29-14-6-12-25-13-15-29)21-22(28-30-24(21)27-20)19-11-10-17-7-4-5-8-18(17)16-19/h4-5,7-8,10-11,16,25H,2-3,6,9,12-15H2,1H3. The number of aromatic nitrogens is 3. The SMILES string of the molecule is CCCCc1nc(N2CCCNCC2)c2c(-c3ccc4ccccc4c3)noc2n1. The van der Waals surface area contributed by atoms with E-state index in [4.69, 9.17) is 14.5 Å². The molecule has 1 aliphatic rings. The highest BCUT2D eigenvalue weighted by Gasteiger charge is 2.23. The highest BCUT2D eigenvalue weighted by molar-refractivity contribution is 6.00. The number of nitrogens with zero attached hydrogens (tertiary/aromatic N) is 4. The van der Waals surface area contributed by atoms with Gasteiger partial charge in [0.2, 0.25) is 0 Å². The Bertz CT molecular complexity index is 1160. The Morgan fingerprint density at radius 3 is 2.83 bits per heavy atom. The molecule has 5 rings (SSSR count). The van der Waals surface area contributed by atoms with Crippen LogP contribution in [0.2, 0.25) is 0 Å². The van der Waals surface area contributed by atoms with Crippen molar-refractivity contribution in [1.29, 1.82) is 0 Å². The zero-order valence-electron chi connectivity index (χ0n) is 17.4. The van der Waals surface area contributed by atoms with Crippen LogP contribution in [0.1, 0.15) is 32.0 Å². The Balaban J connectivity index is 1.66. The number of aryl methyl sites for hydroxylation is 1. The molecule has 0 unspecified atom stereocenters. The summed E-state index contributed by atoms with van der Waals surface area (Å²) in [6.07, 6.45) is 4.13. The second kappa shape index (κ2) is 8.40. The van der Waals surface area contributed by atoms with Gasteiger partial charge in [-0.05, 0) is 36.2 Å². The zero-order chi connectivity index (χ0) is 20.3. The minimum atomic E-state index is 0.589. The van der Waals surface area contributed by atoms with Crippen LogP contribution in [0.5, 0.6) is 0 Å². The van der Waals surface area contributed by atoms with Gasteiger partial charge in [-0.25, -0.2) is 4.98 Å². The highest BCUT2D eigenvalue weighted by Crippen LogP contribution is 2.35. The van der Waals surface area contributed by atoms with E-state index in [0.717, 1.165) is 80.1 Å². The van der Waals surface area contributed by atoms with Crippen molar-refractivity contribution in [1.82, 2.24) is 20.4 Å². The first kappa shape index (κ1) is 19.0. The molecule has 1 fully saturated rings. The van der Waals surface area contributed by atoms with Gasteiger partial charge in [-0.3, -0.25) is 0 Å². The van der Waals surface area contributed by atoms with Crippen molar-refractivity contribution in [2.75, 3.05) is 31.1 Å². The van der Waals surface area contributed by atoms with Crippen molar-refractivity contribution in [2.45, 2.75) is 32.6 Å². The molecule has 1 aliphatic heterocycles. The van der Waals surface area contributed by atoms with Crippen LogP contribution in [0, 0.1) is 0 Å². The van der Waals surface area contributed by atoms with Crippen molar-refractivity contribution < 1.29 is 4.52 Å². The number of hydrogen-bond acceptors (Lipinski definition) is 6. The third-order valence-electron chi connectivity index (χ3n) is 5.78. The van der Waals surface area contributed by atoms with Gasteiger partial charge in [-0.15, -0.1) is 0 Å². The average Bonchev–Trinajstić information content (AvgIpc) is 3.02. The number of anilines is 1. The highest BCUT2D eigenvalue weighted by atomic mass is 16.5. The monoisotopic (exact) mass is 401 g/mol. The average molecular weight is 402 g/mol. The summed E-state index contributed by atoms with van der Waals surface area (Å²) in [4.78, 5) is 12.1. The summed E-state index contributed by atoms with van der Waals surface area (Å²) in [6.45, 7) is 6.06. The van der Waals surface area contributed by atoms with E-state index in [2.05, 4.69) is 64.8 Å². The van der Waals surface area contributed by atoms with Gasteiger partial charge < -0.3 is 14.7 Å². The van der Waals surface area contributed by atoms with E-state index < -0.39 is 0 Å². The Kier molecular flexibility index (Phi) is 5.32. The summed E-state index contributed by atoms with van der Waals surface area (Å²) in [7, 11) is 0. The molecule has 0 amide bonds. The minimum absolute atomic E-state index is 0.589. The number of unbranched alkanes of at least 4 members (excludes halogenated alkanes) is 1. The maximum Gasteiger partial charge on any atom is 0.263 e.